The van der Waals surface area contributed by atoms with Gasteiger partial charge in [0.2, 0.25) is 0 Å². The number of fused-ring (bicyclic) bond motifs is 1. The molecule has 3 nitrogen and oxygen atoms in total. The average molecular weight is 235 g/mol. The van der Waals surface area contributed by atoms with Gasteiger partial charge >= 0.3 is 0 Å². The van der Waals surface area contributed by atoms with Gasteiger partial charge in [0, 0.05) is 5.56 Å². The highest BCUT2D eigenvalue weighted by Gasteiger charge is 2.24. The second-order valence-electron chi connectivity index (χ2n) is 4.74. The summed E-state index contributed by atoms with van der Waals surface area (Å²) in [5.74, 6) is 1.05. The van der Waals surface area contributed by atoms with Gasteiger partial charge in [-0.05, 0) is 50.3 Å². The van der Waals surface area contributed by atoms with Crippen LogP contribution in [0.5, 0.6) is 5.75 Å². The topological polar surface area (TPSA) is 30.5 Å². The standard InChI is InChI=1S/C14H21NO2/c1-9-8-10(2)13-12(15-16-4)6-5-7-17-14(13)11(9)3/h8,12,15H,5-7H2,1-4H3. The predicted octanol–water partition coefficient (Wildman–Crippen LogP) is 2.98. The summed E-state index contributed by atoms with van der Waals surface area (Å²) in [6, 6.07) is 2.46. The molecule has 0 saturated heterocycles. The zero-order valence-corrected chi connectivity index (χ0v) is 11.1. The Labute approximate surface area is 103 Å². The van der Waals surface area contributed by atoms with E-state index in [2.05, 4.69) is 32.3 Å². The first-order valence-corrected chi connectivity index (χ1v) is 6.17. The van der Waals surface area contributed by atoms with E-state index in [1.165, 1.54) is 22.3 Å². The van der Waals surface area contributed by atoms with Gasteiger partial charge in [0.05, 0.1) is 19.8 Å². The predicted molar refractivity (Wildman–Crippen MR) is 68.3 cm³/mol. The van der Waals surface area contributed by atoms with Crippen molar-refractivity contribution in [1.29, 1.82) is 0 Å². The number of rotatable bonds is 2. The molecular formula is C14H21NO2. The number of ether oxygens (including phenoxy) is 1. The molecule has 94 valence electrons. The lowest BCUT2D eigenvalue weighted by Gasteiger charge is -2.21. The summed E-state index contributed by atoms with van der Waals surface area (Å²) in [7, 11) is 1.67. The normalized spacial score (nSPS) is 19.4. The Kier molecular flexibility index (Phi) is 3.69. The Morgan fingerprint density at radius 1 is 1.29 bits per heavy atom. The van der Waals surface area contributed by atoms with Gasteiger partial charge in [-0.2, -0.15) is 5.48 Å². The van der Waals surface area contributed by atoms with E-state index >= 15 is 0 Å². The van der Waals surface area contributed by atoms with Crippen molar-refractivity contribution in [3.05, 3.63) is 28.3 Å². The van der Waals surface area contributed by atoms with Crippen LogP contribution < -0.4 is 10.2 Å². The lowest BCUT2D eigenvalue weighted by atomic mass is 9.93. The minimum absolute atomic E-state index is 0.233. The number of nitrogens with one attached hydrogen (secondary N) is 1. The first kappa shape index (κ1) is 12.4. The fraction of sp³-hybridized carbons (Fsp3) is 0.571. The zero-order valence-electron chi connectivity index (χ0n) is 11.1. The van der Waals surface area contributed by atoms with Crippen molar-refractivity contribution < 1.29 is 9.57 Å². The van der Waals surface area contributed by atoms with Gasteiger partial charge in [0.25, 0.3) is 0 Å². The number of aryl methyl sites for hydroxylation is 2. The van der Waals surface area contributed by atoms with Crippen LogP contribution in [0.3, 0.4) is 0 Å². The third-order valence-electron chi connectivity index (χ3n) is 3.53. The Morgan fingerprint density at radius 2 is 2.06 bits per heavy atom. The van der Waals surface area contributed by atoms with E-state index in [-0.39, 0.29) is 6.04 Å². The van der Waals surface area contributed by atoms with Crippen molar-refractivity contribution in [1.82, 2.24) is 5.48 Å². The smallest absolute Gasteiger partial charge is 0.127 e. The summed E-state index contributed by atoms with van der Waals surface area (Å²) in [5.41, 5.74) is 8.16. The minimum atomic E-state index is 0.233. The molecule has 1 atom stereocenters. The first-order valence-electron chi connectivity index (χ1n) is 6.17. The van der Waals surface area contributed by atoms with E-state index in [0.29, 0.717) is 0 Å². The molecule has 1 aliphatic rings. The minimum Gasteiger partial charge on any atom is -0.493 e. The average Bonchev–Trinajstić information content (AvgIpc) is 2.50. The highest BCUT2D eigenvalue weighted by Crippen LogP contribution is 2.38. The number of hydrogen-bond donors (Lipinski definition) is 1. The largest absolute Gasteiger partial charge is 0.493 e. The number of hydrogen-bond acceptors (Lipinski definition) is 3. The van der Waals surface area contributed by atoms with Crippen LogP contribution in [0.4, 0.5) is 0 Å². The van der Waals surface area contributed by atoms with Crippen molar-refractivity contribution in [2.75, 3.05) is 13.7 Å². The third kappa shape index (κ3) is 2.31. The summed E-state index contributed by atoms with van der Waals surface area (Å²) in [5, 5.41) is 0. The molecule has 1 heterocycles. The van der Waals surface area contributed by atoms with Crippen molar-refractivity contribution in [2.24, 2.45) is 0 Å². The molecule has 0 aromatic heterocycles. The monoisotopic (exact) mass is 235 g/mol. The summed E-state index contributed by atoms with van der Waals surface area (Å²) in [6.07, 6.45) is 2.10. The molecule has 0 aliphatic carbocycles. The van der Waals surface area contributed by atoms with Gasteiger partial charge in [0.15, 0.2) is 0 Å². The molecule has 1 aromatic rings. The molecule has 0 bridgehead atoms. The Bertz CT molecular complexity index is 415. The Morgan fingerprint density at radius 3 is 2.76 bits per heavy atom. The molecule has 17 heavy (non-hydrogen) atoms. The molecule has 0 amide bonds. The molecule has 0 radical (unpaired) electrons. The fourth-order valence-electron chi connectivity index (χ4n) is 2.56. The molecule has 1 unspecified atom stereocenters. The van der Waals surface area contributed by atoms with E-state index in [0.717, 1.165) is 25.2 Å². The maximum absolute atomic E-state index is 5.92. The molecular weight excluding hydrogens is 214 g/mol. The zero-order chi connectivity index (χ0) is 12.4. The van der Waals surface area contributed by atoms with E-state index in [4.69, 9.17) is 9.57 Å². The molecule has 1 N–H and O–H groups in total. The van der Waals surface area contributed by atoms with Crippen LogP contribution in [0.25, 0.3) is 0 Å². The van der Waals surface area contributed by atoms with Crippen LogP contribution in [0, 0.1) is 20.8 Å². The molecule has 2 rings (SSSR count). The summed E-state index contributed by atoms with van der Waals surface area (Å²) >= 11 is 0. The second kappa shape index (κ2) is 5.07. The van der Waals surface area contributed by atoms with Gasteiger partial charge in [-0.15, -0.1) is 0 Å². The third-order valence-corrected chi connectivity index (χ3v) is 3.53. The van der Waals surface area contributed by atoms with Crippen molar-refractivity contribution in [2.45, 2.75) is 39.7 Å². The van der Waals surface area contributed by atoms with Gasteiger partial charge < -0.3 is 9.57 Å². The maximum atomic E-state index is 5.92. The lowest BCUT2D eigenvalue weighted by molar-refractivity contribution is 0.0578. The van der Waals surface area contributed by atoms with E-state index in [1.807, 2.05) is 0 Å². The van der Waals surface area contributed by atoms with Gasteiger partial charge in [-0.25, -0.2) is 0 Å². The lowest BCUT2D eigenvalue weighted by Crippen LogP contribution is -2.20. The molecule has 1 aromatic carbocycles. The summed E-state index contributed by atoms with van der Waals surface area (Å²) in [6.45, 7) is 7.20. The van der Waals surface area contributed by atoms with Gasteiger partial charge in [0.1, 0.15) is 5.75 Å². The van der Waals surface area contributed by atoms with Crippen LogP contribution in [0.15, 0.2) is 6.07 Å². The van der Waals surface area contributed by atoms with Crippen LogP contribution >= 0.6 is 0 Å². The van der Waals surface area contributed by atoms with Crippen LogP contribution in [-0.2, 0) is 4.84 Å². The molecule has 0 fully saturated rings. The van der Waals surface area contributed by atoms with Crippen molar-refractivity contribution in [3.8, 4) is 5.75 Å². The van der Waals surface area contributed by atoms with Gasteiger partial charge in [-0.3, -0.25) is 0 Å². The number of benzene rings is 1. The van der Waals surface area contributed by atoms with Crippen LogP contribution in [0.1, 0.15) is 41.1 Å². The maximum Gasteiger partial charge on any atom is 0.127 e. The van der Waals surface area contributed by atoms with Crippen LogP contribution in [-0.4, -0.2) is 13.7 Å². The molecule has 0 spiro atoms. The highest BCUT2D eigenvalue weighted by molar-refractivity contribution is 5.51. The van der Waals surface area contributed by atoms with Crippen LogP contribution in [0.2, 0.25) is 0 Å². The Hall–Kier alpha value is -1.06. The molecule has 1 aliphatic heterocycles. The second-order valence-corrected chi connectivity index (χ2v) is 4.74. The van der Waals surface area contributed by atoms with Crippen molar-refractivity contribution >= 4 is 0 Å². The van der Waals surface area contributed by atoms with E-state index < -0.39 is 0 Å². The number of hydroxylamine groups is 1. The Balaban J connectivity index is 2.53. The summed E-state index contributed by atoms with van der Waals surface area (Å²) < 4.78 is 5.92. The highest BCUT2D eigenvalue weighted by atomic mass is 16.6. The summed E-state index contributed by atoms with van der Waals surface area (Å²) in [4.78, 5) is 5.11. The van der Waals surface area contributed by atoms with E-state index in [9.17, 15) is 0 Å². The molecule has 0 saturated carbocycles. The fourth-order valence-corrected chi connectivity index (χ4v) is 2.56. The van der Waals surface area contributed by atoms with E-state index in [1.54, 1.807) is 7.11 Å². The molecule has 3 heteroatoms. The van der Waals surface area contributed by atoms with Gasteiger partial charge in [-0.1, -0.05) is 6.07 Å². The van der Waals surface area contributed by atoms with Crippen molar-refractivity contribution in [3.63, 3.8) is 0 Å². The quantitative estimate of drug-likeness (QED) is 0.799. The SMILES string of the molecule is CONC1CCCOc2c(C)c(C)cc(C)c21. The first-order chi connectivity index (χ1) is 8.15.